The molecule has 238 valence electrons. The molecule has 0 aliphatic carbocycles. The summed E-state index contributed by atoms with van der Waals surface area (Å²) in [5.41, 5.74) is 14.7. The van der Waals surface area contributed by atoms with Crippen molar-refractivity contribution in [1.82, 2.24) is 0 Å². The summed E-state index contributed by atoms with van der Waals surface area (Å²) in [5, 5.41) is 0. The van der Waals surface area contributed by atoms with Crippen LogP contribution in [-0.2, 0) is 0 Å². The predicted octanol–water partition coefficient (Wildman–Crippen LogP) is 5.59. The Kier molecular flexibility index (Phi) is 4.73. The zero-order valence-electron chi connectivity index (χ0n) is 27.4. The first-order valence-electron chi connectivity index (χ1n) is 17.6. The largest absolute Gasteiger partial charge is 0.453 e. The van der Waals surface area contributed by atoms with Crippen molar-refractivity contribution in [2.75, 3.05) is 9.80 Å². The third kappa shape index (κ3) is 3.04. The Hall–Kier alpha value is -6.79. The summed E-state index contributed by atoms with van der Waals surface area (Å²) < 4.78 is 13.2. The molecule has 6 aliphatic rings. The summed E-state index contributed by atoms with van der Waals surface area (Å²) in [7, 11) is 0. The van der Waals surface area contributed by atoms with Gasteiger partial charge in [-0.25, -0.2) is 0 Å². The fourth-order valence-corrected chi connectivity index (χ4v) is 9.84. The Morgan fingerprint density at radius 1 is 0.385 bits per heavy atom. The van der Waals surface area contributed by atoms with Gasteiger partial charge in [-0.15, -0.1) is 0 Å². The molecule has 0 fully saturated rings. The molecule has 7 aromatic carbocycles. The Balaban J connectivity index is 1.19. The molecule has 6 heterocycles. The van der Waals surface area contributed by atoms with Crippen LogP contribution < -0.4 is 52.1 Å². The molecule has 0 spiro atoms. The van der Waals surface area contributed by atoms with E-state index in [4.69, 9.17) is 9.47 Å². The molecule has 0 unspecified atom stereocenters. The molecule has 52 heavy (non-hydrogen) atoms. The lowest BCUT2D eigenvalue weighted by atomic mass is 9.29. The number of anilines is 6. The molecule has 6 aliphatic heterocycles. The number of benzene rings is 7. The summed E-state index contributed by atoms with van der Waals surface area (Å²) in [6.07, 6.45) is 0. The normalized spacial score (nSPS) is 15.2. The van der Waals surface area contributed by atoms with Crippen LogP contribution in [-0.4, -0.2) is 25.0 Å². The van der Waals surface area contributed by atoms with Gasteiger partial charge in [0, 0.05) is 33.6 Å². The van der Waals surface area contributed by atoms with Crippen molar-refractivity contribution in [1.29, 1.82) is 0 Å². The van der Waals surface area contributed by atoms with Crippen LogP contribution in [0.2, 0.25) is 0 Å². The second kappa shape index (κ2) is 9.11. The van der Waals surface area contributed by atoms with Gasteiger partial charge in [0.1, 0.15) is 0 Å². The van der Waals surface area contributed by atoms with Gasteiger partial charge < -0.3 is 19.3 Å². The molecule has 0 saturated heterocycles. The number of carbonyl (C=O) groups excluding carboxylic acids is 2. The molecule has 0 aromatic heterocycles. The number of ketones is 2. The van der Waals surface area contributed by atoms with Crippen molar-refractivity contribution in [2.45, 2.75) is 0 Å². The van der Waals surface area contributed by atoms with Crippen LogP contribution >= 0.6 is 0 Å². The van der Waals surface area contributed by atoms with Crippen LogP contribution in [0.1, 0.15) is 31.8 Å². The van der Waals surface area contributed by atoms with E-state index in [0.717, 1.165) is 101 Å². The van der Waals surface area contributed by atoms with Gasteiger partial charge in [0.15, 0.2) is 34.6 Å². The second-order valence-corrected chi connectivity index (χ2v) is 14.2. The zero-order valence-corrected chi connectivity index (χ0v) is 27.4. The van der Waals surface area contributed by atoms with E-state index in [0.29, 0.717) is 11.1 Å². The predicted molar refractivity (Wildman–Crippen MR) is 205 cm³/mol. The number of ether oxygens (including phenoxy) is 2. The number of rotatable bonds is 0. The van der Waals surface area contributed by atoms with E-state index in [2.05, 4.69) is 46.2 Å². The van der Waals surface area contributed by atoms with Gasteiger partial charge in [0.2, 0.25) is 13.4 Å². The summed E-state index contributed by atoms with van der Waals surface area (Å²) in [6.45, 7) is -0.428. The van der Waals surface area contributed by atoms with Gasteiger partial charge in [-0.2, -0.15) is 0 Å². The lowest BCUT2D eigenvalue weighted by molar-refractivity contribution is 0.103. The highest BCUT2D eigenvalue weighted by Gasteiger charge is 2.50. The highest BCUT2D eigenvalue weighted by atomic mass is 16.5. The van der Waals surface area contributed by atoms with Crippen LogP contribution in [0.4, 0.5) is 34.1 Å². The van der Waals surface area contributed by atoms with Gasteiger partial charge in [0.25, 0.3) is 0 Å². The molecule has 0 saturated carbocycles. The highest BCUT2D eigenvalue weighted by Crippen LogP contribution is 2.55. The molecular formula is C44H22B2N2O4. The zero-order chi connectivity index (χ0) is 34.0. The summed E-state index contributed by atoms with van der Waals surface area (Å²) in [6, 6.07) is 44.7. The van der Waals surface area contributed by atoms with E-state index in [1.807, 2.05) is 97.1 Å². The molecule has 13 rings (SSSR count). The third-order valence-electron chi connectivity index (χ3n) is 11.8. The van der Waals surface area contributed by atoms with E-state index in [1.165, 1.54) is 0 Å². The minimum atomic E-state index is -0.214. The maximum Gasteiger partial charge on any atom is 0.248 e. The molecule has 7 aromatic rings. The SMILES string of the molecule is O=C1c2ccccc2B2c3cc4c(cc3N3c5ccccc5Oc5ccc1c2c53)N1c2ccccc2Oc2ccc3c(c21)B4c1ccccc1C3=O. The summed E-state index contributed by atoms with van der Waals surface area (Å²) in [4.78, 5) is 33.1. The summed E-state index contributed by atoms with van der Waals surface area (Å²) in [5.74, 6) is 3.03. The topological polar surface area (TPSA) is 59.1 Å². The minimum Gasteiger partial charge on any atom is -0.453 e. The average Bonchev–Trinajstić information content (AvgIpc) is 3.19. The molecule has 8 heteroatoms. The van der Waals surface area contributed by atoms with Gasteiger partial charge in [-0.1, -0.05) is 89.8 Å². The number of hydrogen-bond acceptors (Lipinski definition) is 6. The third-order valence-corrected chi connectivity index (χ3v) is 11.8. The Bertz CT molecular complexity index is 2710. The van der Waals surface area contributed by atoms with Crippen LogP contribution in [0.15, 0.2) is 133 Å². The maximum atomic E-state index is 14.2. The number of carbonyl (C=O) groups is 2. The minimum absolute atomic E-state index is 0.0283. The Labute approximate surface area is 298 Å². The average molecular weight is 664 g/mol. The fourth-order valence-electron chi connectivity index (χ4n) is 9.84. The quantitative estimate of drug-likeness (QED) is 0.197. The molecule has 0 atom stereocenters. The Morgan fingerprint density at radius 2 is 0.827 bits per heavy atom. The highest BCUT2D eigenvalue weighted by molar-refractivity contribution is 7.03. The number of hydrogen-bond donors (Lipinski definition) is 0. The molecule has 0 amide bonds. The lowest BCUT2D eigenvalue weighted by Crippen LogP contribution is -2.66. The van der Waals surface area contributed by atoms with Crippen molar-refractivity contribution in [3.05, 3.63) is 156 Å². The monoisotopic (exact) mass is 664 g/mol. The first-order chi connectivity index (χ1) is 25.7. The van der Waals surface area contributed by atoms with Crippen LogP contribution in [0.25, 0.3) is 0 Å². The maximum absolute atomic E-state index is 14.2. The van der Waals surface area contributed by atoms with E-state index in [-0.39, 0.29) is 25.0 Å². The van der Waals surface area contributed by atoms with Gasteiger partial charge in [-0.3, -0.25) is 9.59 Å². The van der Waals surface area contributed by atoms with Crippen molar-refractivity contribution in [3.63, 3.8) is 0 Å². The first kappa shape index (κ1) is 27.0. The fraction of sp³-hybridized carbons (Fsp3) is 0. The summed E-state index contributed by atoms with van der Waals surface area (Å²) >= 11 is 0. The standard InChI is InChI=1S/C44H22B2N2O4/c49-43-23-9-1-3-11-27(23)45-29-21-30-34(22-33(29)47-31-13-5-7-15-35(31)51-37-19-17-25(43)39(45)41(37)47)48-32-14-6-8-16-36(32)52-38-20-18-26-40(42(38)48)46(30)28-12-4-2-10-24(28)44(26)50/h1-22H. The van der Waals surface area contributed by atoms with Crippen molar-refractivity contribution >= 4 is 91.9 Å². The second-order valence-electron chi connectivity index (χ2n) is 14.2. The van der Waals surface area contributed by atoms with Gasteiger partial charge in [0.05, 0.1) is 22.7 Å². The number of nitrogens with zero attached hydrogens (tertiary/aromatic N) is 2. The van der Waals surface area contributed by atoms with Gasteiger partial charge in [-0.05, 0) is 76.4 Å². The first-order valence-corrected chi connectivity index (χ1v) is 17.6. The number of fused-ring (bicyclic) bond motifs is 14. The molecule has 6 nitrogen and oxygen atoms in total. The van der Waals surface area contributed by atoms with E-state index in [9.17, 15) is 9.59 Å². The van der Waals surface area contributed by atoms with E-state index in [1.54, 1.807) is 0 Å². The molecule has 0 N–H and O–H groups in total. The van der Waals surface area contributed by atoms with Crippen LogP contribution in [0, 0.1) is 0 Å². The van der Waals surface area contributed by atoms with Crippen molar-refractivity contribution in [2.24, 2.45) is 0 Å². The molecular weight excluding hydrogens is 642 g/mol. The van der Waals surface area contributed by atoms with E-state index < -0.39 is 0 Å². The van der Waals surface area contributed by atoms with Gasteiger partial charge >= 0.3 is 0 Å². The smallest absolute Gasteiger partial charge is 0.248 e. The van der Waals surface area contributed by atoms with Crippen molar-refractivity contribution in [3.8, 4) is 23.0 Å². The Morgan fingerprint density at radius 3 is 1.33 bits per heavy atom. The number of para-hydroxylation sites is 4. The van der Waals surface area contributed by atoms with Crippen LogP contribution in [0.5, 0.6) is 23.0 Å². The van der Waals surface area contributed by atoms with Crippen LogP contribution in [0.3, 0.4) is 0 Å². The van der Waals surface area contributed by atoms with Crippen molar-refractivity contribution < 1.29 is 19.1 Å². The molecule has 0 bridgehead atoms. The lowest BCUT2D eigenvalue weighted by Gasteiger charge is -2.46. The van der Waals surface area contributed by atoms with E-state index >= 15 is 0 Å². The molecule has 0 radical (unpaired) electrons.